The lowest BCUT2D eigenvalue weighted by molar-refractivity contribution is -0.140. The monoisotopic (exact) mass is 567 g/mol. The second-order valence-corrected chi connectivity index (χ2v) is 12.4. The summed E-state index contributed by atoms with van der Waals surface area (Å²) in [6, 6.07) is 11.2. The molecule has 7 nitrogen and oxygen atoms in total. The first-order valence-electron chi connectivity index (χ1n) is 12.6. The van der Waals surface area contributed by atoms with Gasteiger partial charge in [0, 0.05) is 22.6 Å². The normalized spacial score (nSPS) is 15.2. The van der Waals surface area contributed by atoms with E-state index in [2.05, 4.69) is 5.32 Å². The average molecular weight is 569 g/mol. The van der Waals surface area contributed by atoms with Crippen LogP contribution in [0.15, 0.2) is 42.5 Å². The number of nitrogens with zero attached hydrogens (tertiary/aromatic N) is 2. The van der Waals surface area contributed by atoms with Crippen LogP contribution in [0.25, 0.3) is 0 Å². The van der Waals surface area contributed by atoms with E-state index in [9.17, 15) is 18.0 Å². The lowest BCUT2D eigenvalue weighted by Crippen LogP contribution is -2.54. The number of hydrogen-bond donors (Lipinski definition) is 1. The third kappa shape index (κ3) is 8.09. The first-order valence-corrected chi connectivity index (χ1v) is 15.2. The summed E-state index contributed by atoms with van der Waals surface area (Å²) in [4.78, 5) is 28.7. The molecule has 1 saturated carbocycles. The van der Waals surface area contributed by atoms with E-state index >= 15 is 0 Å². The molecular weight excluding hydrogens is 533 g/mol. The molecule has 0 aromatic heterocycles. The summed E-state index contributed by atoms with van der Waals surface area (Å²) >= 11 is 12.1. The Morgan fingerprint density at radius 1 is 1.03 bits per heavy atom. The quantitative estimate of drug-likeness (QED) is 0.420. The van der Waals surface area contributed by atoms with Crippen LogP contribution in [0.5, 0.6) is 0 Å². The van der Waals surface area contributed by atoms with Gasteiger partial charge >= 0.3 is 0 Å². The van der Waals surface area contributed by atoms with Crippen molar-refractivity contribution in [2.75, 3.05) is 17.1 Å². The summed E-state index contributed by atoms with van der Waals surface area (Å²) in [5.74, 6) is -0.689. The van der Waals surface area contributed by atoms with Crippen molar-refractivity contribution in [3.8, 4) is 0 Å². The topological polar surface area (TPSA) is 86.8 Å². The SMILES string of the molecule is CC[C@@H](C(=O)NC1CCCCC1)N(Cc1ccc(Cl)cc1)C(=O)CN(c1ccc(Cl)cc1C)S(C)(=O)=O. The molecule has 37 heavy (non-hydrogen) atoms. The summed E-state index contributed by atoms with van der Waals surface area (Å²) in [5.41, 5.74) is 1.78. The van der Waals surface area contributed by atoms with Crippen LogP contribution < -0.4 is 9.62 Å². The highest BCUT2D eigenvalue weighted by Gasteiger charge is 2.33. The number of carbonyl (C=O) groups excluding carboxylic acids is 2. The van der Waals surface area contributed by atoms with Crippen LogP contribution in [-0.4, -0.2) is 50.0 Å². The highest BCUT2D eigenvalue weighted by Crippen LogP contribution is 2.26. The van der Waals surface area contributed by atoms with Crippen molar-refractivity contribution >= 4 is 50.7 Å². The molecule has 1 N–H and O–H groups in total. The highest BCUT2D eigenvalue weighted by molar-refractivity contribution is 7.92. The number of rotatable bonds is 10. The third-order valence-corrected chi connectivity index (χ3v) is 8.32. The zero-order valence-corrected chi connectivity index (χ0v) is 23.9. The standard InChI is InChI=1S/C27H35Cl2N3O4S/c1-4-24(27(34)30-23-8-6-5-7-9-23)31(17-20-10-12-21(28)13-11-20)26(33)18-32(37(3,35)36)25-15-14-22(29)16-19(25)2/h10-16,23-24H,4-9,17-18H2,1-3H3,(H,30,34)/t24-/m0/s1. The maximum absolute atomic E-state index is 13.8. The number of amides is 2. The van der Waals surface area contributed by atoms with E-state index in [1.165, 1.54) is 4.90 Å². The average Bonchev–Trinajstić information content (AvgIpc) is 2.84. The molecule has 0 aliphatic heterocycles. The Morgan fingerprint density at radius 2 is 1.65 bits per heavy atom. The van der Waals surface area contributed by atoms with E-state index < -0.39 is 28.5 Å². The Morgan fingerprint density at radius 3 is 2.22 bits per heavy atom. The van der Waals surface area contributed by atoms with Gasteiger partial charge < -0.3 is 10.2 Å². The smallest absolute Gasteiger partial charge is 0.244 e. The fourth-order valence-electron chi connectivity index (χ4n) is 4.74. The van der Waals surface area contributed by atoms with E-state index in [1.807, 2.05) is 6.92 Å². The van der Waals surface area contributed by atoms with Gasteiger partial charge in [0.05, 0.1) is 11.9 Å². The van der Waals surface area contributed by atoms with Crippen LogP contribution in [-0.2, 0) is 26.2 Å². The molecule has 0 bridgehead atoms. The third-order valence-electron chi connectivity index (χ3n) is 6.71. The van der Waals surface area contributed by atoms with Crippen molar-refractivity contribution in [2.24, 2.45) is 0 Å². The Hall–Kier alpha value is -2.29. The molecular formula is C27H35Cl2N3O4S. The molecule has 202 valence electrons. The number of hydrogen-bond acceptors (Lipinski definition) is 4. The zero-order valence-electron chi connectivity index (χ0n) is 21.5. The molecule has 0 unspecified atom stereocenters. The second-order valence-electron chi connectivity index (χ2n) is 9.62. The number of nitrogens with one attached hydrogen (secondary N) is 1. The summed E-state index contributed by atoms with van der Waals surface area (Å²) in [6.07, 6.45) is 6.59. The fourth-order valence-corrected chi connectivity index (χ4v) is 6.00. The van der Waals surface area contributed by atoms with Gasteiger partial charge in [-0.1, -0.05) is 61.5 Å². The molecule has 2 amide bonds. The maximum atomic E-state index is 13.8. The predicted octanol–water partition coefficient (Wildman–Crippen LogP) is 5.32. The predicted molar refractivity (Wildman–Crippen MR) is 149 cm³/mol. The second kappa shape index (κ2) is 13.0. The summed E-state index contributed by atoms with van der Waals surface area (Å²) in [7, 11) is -3.81. The number of aryl methyl sites for hydroxylation is 1. The van der Waals surface area contributed by atoms with Gasteiger partial charge in [-0.05, 0) is 67.6 Å². The van der Waals surface area contributed by atoms with Crippen molar-refractivity contribution < 1.29 is 18.0 Å². The number of carbonyl (C=O) groups is 2. The molecule has 2 aromatic carbocycles. The van der Waals surface area contributed by atoms with Gasteiger partial charge in [0.15, 0.2) is 0 Å². The van der Waals surface area contributed by atoms with E-state index in [0.29, 0.717) is 27.7 Å². The number of anilines is 1. The van der Waals surface area contributed by atoms with Crippen LogP contribution >= 0.6 is 23.2 Å². The Balaban J connectivity index is 1.93. The van der Waals surface area contributed by atoms with Crippen LogP contribution in [0.4, 0.5) is 5.69 Å². The molecule has 0 radical (unpaired) electrons. The Kier molecular flexibility index (Phi) is 10.3. The molecule has 1 aliphatic rings. The summed E-state index contributed by atoms with van der Waals surface area (Å²) < 4.78 is 26.6. The van der Waals surface area contributed by atoms with Gasteiger partial charge in [-0.25, -0.2) is 8.42 Å². The van der Waals surface area contributed by atoms with Gasteiger partial charge in [0.2, 0.25) is 21.8 Å². The summed E-state index contributed by atoms with van der Waals surface area (Å²) in [5, 5.41) is 4.16. The largest absolute Gasteiger partial charge is 0.352 e. The lowest BCUT2D eigenvalue weighted by Gasteiger charge is -2.34. The number of benzene rings is 2. The van der Waals surface area contributed by atoms with Crippen molar-refractivity contribution in [3.05, 3.63) is 63.6 Å². The zero-order chi connectivity index (χ0) is 27.2. The highest BCUT2D eigenvalue weighted by atomic mass is 35.5. The van der Waals surface area contributed by atoms with Crippen molar-refractivity contribution in [2.45, 2.75) is 71.0 Å². The van der Waals surface area contributed by atoms with E-state index in [0.717, 1.165) is 48.2 Å². The minimum Gasteiger partial charge on any atom is -0.352 e. The van der Waals surface area contributed by atoms with Crippen LogP contribution in [0, 0.1) is 6.92 Å². The van der Waals surface area contributed by atoms with E-state index in [1.54, 1.807) is 49.4 Å². The Labute approximate surface area is 230 Å². The molecule has 1 aliphatic carbocycles. The van der Waals surface area contributed by atoms with E-state index in [-0.39, 0.29) is 18.5 Å². The molecule has 1 fully saturated rings. The first kappa shape index (κ1) is 29.3. The molecule has 2 aromatic rings. The van der Waals surface area contributed by atoms with E-state index in [4.69, 9.17) is 23.2 Å². The fraction of sp³-hybridized carbons (Fsp3) is 0.481. The molecule has 1 atom stereocenters. The van der Waals surface area contributed by atoms with Crippen LogP contribution in [0.2, 0.25) is 10.0 Å². The molecule has 3 rings (SSSR count). The molecule has 0 saturated heterocycles. The van der Waals surface area contributed by atoms with Crippen molar-refractivity contribution in [3.63, 3.8) is 0 Å². The minimum absolute atomic E-state index is 0.0898. The van der Waals surface area contributed by atoms with Gasteiger partial charge in [0.25, 0.3) is 0 Å². The van der Waals surface area contributed by atoms with Crippen molar-refractivity contribution in [1.82, 2.24) is 10.2 Å². The number of halogens is 2. The molecule has 0 spiro atoms. The van der Waals surface area contributed by atoms with Gasteiger partial charge in [-0.2, -0.15) is 0 Å². The van der Waals surface area contributed by atoms with Crippen molar-refractivity contribution in [1.29, 1.82) is 0 Å². The van der Waals surface area contributed by atoms with Gasteiger partial charge in [-0.3, -0.25) is 13.9 Å². The van der Waals surface area contributed by atoms with Gasteiger partial charge in [-0.15, -0.1) is 0 Å². The first-order chi connectivity index (χ1) is 17.5. The molecule has 10 heteroatoms. The number of sulfonamides is 1. The minimum atomic E-state index is -3.81. The Bertz CT molecular complexity index is 1200. The summed E-state index contributed by atoms with van der Waals surface area (Å²) in [6.45, 7) is 3.29. The van der Waals surface area contributed by atoms with Crippen LogP contribution in [0.1, 0.15) is 56.6 Å². The van der Waals surface area contributed by atoms with Crippen LogP contribution in [0.3, 0.4) is 0 Å². The lowest BCUT2D eigenvalue weighted by atomic mass is 9.95. The van der Waals surface area contributed by atoms with Gasteiger partial charge in [0.1, 0.15) is 12.6 Å². The maximum Gasteiger partial charge on any atom is 0.244 e. The molecule has 0 heterocycles.